The van der Waals surface area contributed by atoms with Gasteiger partial charge >= 0.3 is 21.3 Å². The number of aromatic amines is 2. The topological polar surface area (TPSA) is 350 Å². The Balaban J connectivity index is 1.22. The van der Waals surface area contributed by atoms with E-state index in [1.165, 1.54) is 0 Å². The highest BCUT2D eigenvalue weighted by Crippen LogP contribution is 2.53. The van der Waals surface area contributed by atoms with Crippen LogP contribution >= 0.6 is 15.6 Å². The van der Waals surface area contributed by atoms with Gasteiger partial charge in [-0.1, -0.05) is 0 Å². The van der Waals surface area contributed by atoms with Gasteiger partial charge in [0.05, 0.1) is 19.5 Å². The molecule has 10 atom stereocenters. The van der Waals surface area contributed by atoms with Crippen molar-refractivity contribution < 1.29 is 56.7 Å². The number of aliphatic hydroxyl groups is 2. The highest BCUT2D eigenvalue weighted by Gasteiger charge is 2.54. The number of phosphoric acid groups is 2. The van der Waals surface area contributed by atoms with E-state index < -0.39 is 89.2 Å². The number of H-pyrrole nitrogens is 2. The second kappa shape index (κ2) is 11.0. The SMILES string of the molecule is Nc1nc2c(ncn2[C@@H]2O[C@@H]3COP(=O)(O)O[C@H]4[C@@H](O)[C@H](n5c(=O)[nH]c6c(N)ncnc65)O[C@@H]4COP(=O)(O)O[C@@H]2[C@@H]3O)c(=O)[nH]1. The summed E-state index contributed by atoms with van der Waals surface area (Å²) in [5, 5.41) is 22.1. The number of anilines is 2. The maximum Gasteiger partial charge on any atom is 0.472 e. The molecule has 7 heterocycles. The van der Waals surface area contributed by atoms with Crippen molar-refractivity contribution >= 4 is 49.7 Å². The molecule has 0 saturated carbocycles. The molecular weight excluding hydrogens is 666 g/mol. The number of hydrogen-bond donors (Lipinski definition) is 8. The summed E-state index contributed by atoms with van der Waals surface area (Å²) in [6.07, 6.45) is -11.4. The number of fused-ring (bicyclic) bond motifs is 5. The average Bonchev–Trinajstić information content (AvgIpc) is 3.70. The van der Waals surface area contributed by atoms with Gasteiger partial charge < -0.3 is 45.9 Å². The fraction of sp³-hybridized carbons (Fsp3) is 0.500. The minimum absolute atomic E-state index is 0.00350. The Morgan fingerprint density at radius 3 is 2.28 bits per heavy atom. The Morgan fingerprint density at radius 1 is 0.870 bits per heavy atom. The predicted molar refractivity (Wildman–Crippen MR) is 146 cm³/mol. The van der Waals surface area contributed by atoms with Crippen LogP contribution in [0.2, 0.25) is 0 Å². The van der Waals surface area contributed by atoms with E-state index >= 15 is 0 Å². The Morgan fingerprint density at radius 2 is 1.54 bits per heavy atom. The van der Waals surface area contributed by atoms with Crippen LogP contribution in [-0.4, -0.2) is 109 Å². The van der Waals surface area contributed by atoms with Crippen molar-refractivity contribution in [3.63, 3.8) is 0 Å². The zero-order chi connectivity index (χ0) is 32.7. The Labute approximate surface area is 253 Å². The lowest BCUT2D eigenvalue weighted by Gasteiger charge is -2.25. The minimum Gasteiger partial charge on any atom is -0.387 e. The van der Waals surface area contributed by atoms with Crippen LogP contribution in [-0.2, 0) is 36.7 Å². The number of nitrogens with two attached hydrogens (primary N) is 2. The van der Waals surface area contributed by atoms with Gasteiger partial charge in [-0.25, -0.2) is 33.4 Å². The lowest BCUT2D eigenvalue weighted by Crippen LogP contribution is -2.37. The molecule has 0 radical (unpaired) electrons. The number of hydrogen-bond acceptors (Lipinski definition) is 18. The summed E-state index contributed by atoms with van der Waals surface area (Å²) in [7, 11) is -10.3. The molecule has 4 aromatic rings. The lowest BCUT2D eigenvalue weighted by atomic mass is 10.1. The quantitative estimate of drug-likeness (QED) is 0.0968. The molecule has 24 nitrogen and oxygen atoms in total. The fourth-order valence-electron chi connectivity index (χ4n) is 5.42. The molecular formula is C20H24N10O14P2. The second-order valence-electron chi connectivity index (χ2n) is 10.3. The van der Waals surface area contributed by atoms with Crippen LogP contribution in [0.1, 0.15) is 12.5 Å². The smallest absolute Gasteiger partial charge is 0.387 e. The van der Waals surface area contributed by atoms with Crippen LogP contribution in [0, 0.1) is 0 Å². The number of phosphoric ester groups is 2. The van der Waals surface area contributed by atoms with Crippen molar-refractivity contribution in [2.45, 2.75) is 49.1 Å². The fourth-order valence-corrected chi connectivity index (χ4v) is 7.31. The van der Waals surface area contributed by atoms with E-state index in [1.54, 1.807) is 0 Å². The van der Waals surface area contributed by atoms with E-state index in [2.05, 4.69) is 29.9 Å². The number of nitrogens with zero attached hydrogens (tertiary/aromatic N) is 6. The number of imidazole rings is 2. The largest absolute Gasteiger partial charge is 0.472 e. The maximum atomic E-state index is 13.2. The van der Waals surface area contributed by atoms with Crippen molar-refractivity contribution in [2.75, 3.05) is 24.7 Å². The molecule has 0 amide bonds. The molecule has 3 aliphatic heterocycles. The molecule has 2 unspecified atom stereocenters. The normalized spacial score (nSPS) is 37.1. The third-order valence-corrected chi connectivity index (χ3v) is 9.42. The van der Waals surface area contributed by atoms with E-state index in [-0.39, 0.29) is 34.1 Å². The number of ether oxygens (including phenoxy) is 2. The number of aliphatic hydroxyl groups excluding tert-OH is 2. The Kier molecular flexibility index (Phi) is 7.39. The van der Waals surface area contributed by atoms with Gasteiger partial charge in [-0.05, 0) is 0 Å². The van der Waals surface area contributed by atoms with Crippen LogP contribution in [0.5, 0.6) is 0 Å². The van der Waals surface area contributed by atoms with Gasteiger partial charge in [-0.2, -0.15) is 4.98 Å². The first-order chi connectivity index (χ1) is 21.7. The molecule has 4 aromatic heterocycles. The first-order valence-corrected chi connectivity index (χ1v) is 16.1. The van der Waals surface area contributed by atoms with E-state index in [1.807, 2.05) is 0 Å². The Hall–Kier alpha value is -3.64. The van der Waals surface area contributed by atoms with Crippen LogP contribution < -0.4 is 22.7 Å². The van der Waals surface area contributed by atoms with E-state index in [9.17, 15) is 38.7 Å². The minimum atomic E-state index is -5.18. The average molecular weight is 690 g/mol. The van der Waals surface area contributed by atoms with Crippen molar-refractivity contribution in [3.8, 4) is 0 Å². The van der Waals surface area contributed by atoms with E-state index in [4.69, 9.17) is 39.0 Å². The molecule has 0 aliphatic carbocycles. The zero-order valence-electron chi connectivity index (χ0n) is 22.8. The number of nitrogen functional groups attached to an aromatic ring is 2. The van der Waals surface area contributed by atoms with Gasteiger partial charge in [0.2, 0.25) is 5.95 Å². The van der Waals surface area contributed by atoms with E-state index in [0.717, 1.165) is 21.8 Å². The van der Waals surface area contributed by atoms with Crippen LogP contribution in [0.4, 0.5) is 11.8 Å². The van der Waals surface area contributed by atoms with Gasteiger partial charge in [0.1, 0.15) is 48.5 Å². The summed E-state index contributed by atoms with van der Waals surface area (Å²) >= 11 is 0. The van der Waals surface area contributed by atoms with Gasteiger partial charge in [0.15, 0.2) is 35.1 Å². The molecule has 26 heteroatoms. The monoisotopic (exact) mass is 690 g/mol. The summed E-state index contributed by atoms with van der Waals surface area (Å²) in [5.41, 5.74) is 9.41. The molecule has 3 saturated heterocycles. The second-order valence-corrected chi connectivity index (χ2v) is 13.1. The van der Waals surface area contributed by atoms with Gasteiger partial charge in [-0.15, -0.1) is 0 Å². The molecule has 248 valence electrons. The molecule has 0 spiro atoms. The number of nitrogens with one attached hydrogen (secondary N) is 2. The predicted octanol–water partition coefficient (Wildman–Crippen LogP) is -3.05. The van der Waals surface area contributed by atoms with Crippen LogP contribution in [0.25, 0.3) is 22.3 Å². The molecule has 3 aliphatic rings. The van der Waals surface area contributed by atoms with Crippen LogP contribution in [0.15, 0.2) is 22.2 Å². The molecule has 46 heavy (non-hydrogen) atoms. The number of rotatable bonds is 2. The summed E-state index contributed by atoms with van der Waals surface area (Å²) in [4.78, 5) is 66.7. The lowest BCUT2D eigenvalue weighted by molar-refractivity contribution is -0.0675. The standard InChI is InChI=1S/C20H24N10O14P2/c21-13-7-14(24-3-23-13)30(20(34)26-7)17-10(32)11-6(42-17)2-40-46(37,38)44-12-9(31)5(1-39-45(35,36)43-11)41-18(12)29-4-25-8-15(29)27-19(22)28-16(8)33/h3-6,9-12,17-18,31-32H,1-2H2,(H,26,34)(H,35,36)(H,37,38)(H2,21,23,24)(H3,22,27,28,33)/t5-,6-,9-,10-,11-,12-,17-,18-/m1/s1. The Bertz CT molecular complexity index is 2050. The summed E-state index contributed by atoms with van der Waals surface area (Å²) in [6, 6.07) is 0. The first-order valence-electron chi connectivity index (χ1n) is 13.1. The van der Waals surface area contributed by atoms with Gasteiger partial charge in [-0.3, -0.25) is 32.4 Å². The van der Waals surface area contributed by atoms with Crippen molar-refractivity contribution in [3.05, 3.63) is 33.5 Å². The molecule has 0 aromatic carbocycles. The van der Waals surface area contributed by atoms with Gasteiger partial charge in [0, 0.05) is 0 Å². The van der Waals surface area contributed by atoms with Crippen molar-refractivity contribution in [2.24, 2.45) is 0 Å². The zero-order valence-corrected chi connectivity index (χ0v) is 24.6. The van der Waals surface area contributed by atoms with E-state index in [0.29, 0.717) is 0 Å². The highest BCUT2D eigenvalue weighted by atomic mass is 31.2. The van der Waals surface area contributed by atoms with Crippen molar-refractivity contribution in [1.82, 2.24) is 39.0 Å². The highest BCUT2D eigenvalue weighted by molar-refractivity contribution is 7.47. The molecule has 3 fully saturated rings. The molecule has 2 bridgehead atoms. The maximum absolute atomic E-state index is 13.2. The van der Waals surface area contributed by atoms with Crippen LogP contribution in [0.3, 0.4) is 0 Å². The molecule has 7 rings (SSSR count). The molecule has 10 N–H and O–H groups in total. The summed E-state index contributed by atoms with van der Waals surface area (Å²) in [5.74, 6) is -0.404. The first kappa shape index (κ1) is 31.0. The van der Waals surface area contributed by atoms with Gasteiger partial charge in [0.25, 0.3) is 5.56 Å². The summed E-state index contributed by atoms with van der Waals surface area (Å²) < 4.78 is 60.4. The number of aromatic nitrogens is 8. The third kappa shape index (κ3) is 5.23. The third-order valence-electron chi connectivity index (χ3n) is 7.45. The van der Waals surface area contributed by atoms with Crippen molar-refractivity contribution in [1.29, 1.82) is 0 Å². The summed E-state index contributed by atoms with van der Waals surface area (Å²) in [6.45, 7) is -1.79.